The van der Waals surface area contributed by atoms with Crippen LogP contribution in [0.3, 0.4) is 0 Å². The number of benzene rings is 3. The Balaban J connectivity index is 0.000000219. The maximum absolute atomic E-state index is 12.9. The van der Waals surface area contributed by atoms with Gasteiger partial charge in [0.15, 0.2) is 5.17 Å². The zero-order valence-electron chi connectivity index (χ0n) is 21.6. The Kier molecular flexibility index (Phi) is 9.15. The minimum absolute atomic E-state index is 0.0688. The molecule has 2 aliphatic heterocycles. The minimum Gasteiger partial charge on any atom is -0.465 e. The number of para-hydroxylation sites is 1. The lowest BCUT2D eigenvalue weighted by Crippen LogP contribution is -2.30. The molecule has 0 aromatic heterocycles. The summed E-state index contributed by atoms with van der Waals surface area (Å²) in [6.07, 6.45) is 0. The van der Waals surface area contributed by atoms with Crippen LogP contribution >= 0.6 is 23.5 Å². The number of amidine groups is 1. The fourth-order valence-electron chi connectivity index (χ4n) is 4.01. The van der Waals surface area contributed by atoms with E-state index in [1.54, 1.807) is 28.8 Å². The van der Waals surface area contributed by atoms with Crippen LogP contribution in [-0.4, -0.2) is 48.4 Å². The number of nitrogens with one attached hydrogen (secondary N) is 2. The lowest BCUT2D eigenvalue weighted by Gasteiger charge is -2.30. The molecule has 0 saturated carbocycles. The van der Waals surface area contributed by atoms with E-state index in [0.717, 1.165) is 34.9 Å². The second-order valence-electron chi connectivity index (χ2n) is 8.47. The second kappa shape index (κ2) is 12.7. The SMILES string of the molecule is CCNc1ccc(C(=O)OC)cc1.CN1/C(=C2/SC(=N)N(Cc3ccccc3)C2=O)CSc2ccccc21. The molecule has 0 aliphatic carbocycles. The second-order valence-corrected chi connectivity index (χ2v) is 10.5. The summed E-state index contributed by atoms with van der Waals surface area (Å²) in [5.74, 6) is 0.373. The van der Waals surface area contributed by atoms with Crippen LogP contribution in [0, 0.1) is 5.41 Å². The van der Waals surface area contributed by atoms with Crippen LogP contribution < -0.4 is 10.2 Å². The van der Waals surface area contributed by atoms with Crippen molar-refractivity contribution >= 4 is 51.9 Å². The Bertz CT molecular complexity index is 1340. The van der Waals surface area contributed by atoms with E-state index in [-0.39, 0.29) is 11.9 Å². The summed E-state index contributed by atoms with van der Waals surface area (Å²) in [7, 11) is 3.37. The van der Waals surface area contributed by atoms with E-state index in [0.29, 0.717) is 22.2 Å². The molecule has 1 saturated heterocycles. The van der Waals surface area contributed by atoms with Crippen LogP contribution in [-0.2, 0) is 16.1 Å². The van der Waals surface area contributed by atoms with Gasteiger partial charge in [-0.25, -0.2) is 4.79 Å². The first kappa shape index (κ1) is 27.3. The van der Waals surface area contributed by atoms with Gasteiger partial charge in [-0.2, -0.15) is 0 Å². The van der Waals surface area contributed by atoms with Gasteiger partial charge in [-0.15, -0.1) is 11.8 Å². The van der Waals surface area contributed by atoms with Gasteiger partial charge in [0.2, 0.25) is 0 Å². The first-order valence-corrected chi connectivity index (χ1v) is 14.0. The topological polar surface area (TPSA) is 85.7 Å². The average Bonchev–Trinajstić information content (AvgIpc) is 3.22. The molecule has 38 heavy (non-hydrogen) atoms. The van der Waals surface area contributed by atoms with Crippen LogP contribution in [0.4, 0.5) is 11.4 Å². The molecule has 2 N–H and O–H groups in total. The predicted molar refractivity (Wildman–Crippen MR) is 157 cm³/mol. The lowest BCUT2D eigenvalue weighted by atomic mass is 10.2. The monoisotopic (exact) mass is 546 g/mol. The fourth-order valence-corrected chi connectivity index (χ4v) is 6.24. The minimum atomic E-state index is -0.303. The average molecular weight is 547 g/mol. The van der Waals surface area contributed by atoms with Gasteiger partial charge in [0.1, 0.15) is 4.91 Å². The number of hydrogen-bond donors (Lipinski definition) is 2. The van der Waals surface area contributed by atoms with Crippen LogP contribution in [0.25, 0.3) is 0 Å². The molecule has 7 nitrogen and oxygen atoms in total. The van der Waals surface area contributed by atoms with Crippen molar-refractivity contribution in [3.05, 3.63) is 101 Å². The molecular formula is C29H30N4O3S2. The molecule has 0 spiro atoms. The Morgan fingerprint density at radius 2 is 1.71 bits per heavy atom. The summed E-state index contributed by atoms with van der Waals surface area (Å²) in [5, 5.41) is 11.7. The Hall–Kier alpha value is -3.69. The first-order chi connectivity index (χ1) is 18.4. The normalized spacial score (nSPS) is 16.5. The number of carbonyl (C=O) groups excluding carboxylic acids is 2. The van der Waals surface area contributed by atoms with E-state index in [1.807, 2.05) is 68.6 Å². The molecule has 1 fully saturated rings. The number of nitrogens with zero attached hydrogens (tertiary/aromatic N) is 2. The third kappa shape index (κ3) is 6.23. The van der Waals surface area contributed by atoms with Crippen LogP contribution in [0.1, 0.15) is 22.8 Å². The van der Waals surface area contributed by atoms with Crippen molar-refractivity contribution in [2.75, 3.05) is 36.7 Å². The van der Waals surface area contributed by atoms with Gasteiger partial charge < -0.3 is 15.0 Å². The Labute approximate surface area is 231 Å². The highest BCUT2D eigenvalue weighted by Gasteiger charge is 2.36. The molecule has 1 amide bonds. The molecule has 0 atom stereocenters. The molecule has 0 bridgehead atoms. The van der Waals surface area contributed by atoms with Crippen LogP contribution in [0.5, 0.6) is 0 Å². The van der Waals surface area contributed by atoms with Gasteiger partial charge >= 0.3 is 5.97 Å². The van der Waals surface area contributed by atoms with E-state index in [2.05, 4.69) is 27.1 Å². The number of esters is 1. The van der Waals surface area contributed by atoms with Gasteiger partial charge in [-0.05, 0) is 60.6 Å². The van der Waals surface area contributed by atoms with E-state index >= 15 is 0 Å². The number of ether oxygens (including phenoxy) is 1. The summed E-state index contributed by atoms with van der Waals surface area (Å²) < 4.78 is 4.58. The van der Waals surface area contributed by atoms with Gasteiger partial charge in [0.05, 0.1) is 24.9 Å². The van der Waals surface area contributed by atoms with Gasteiger partial charge in [-0.1, -0.05) is 42.5 Å². The third-order valence-electron chi connectivity index (χ3n) is 6.01. The summed E-state index contributed by atoms with van der Waals surface area (Å²) in [4.78, 5) is 29.5. The standard InChI is InChI=1S/C19H17N3OS2.C10H13NO2/c1-21-14-9-5-6-10-16(14)24-12-15(21)17-18(23)22(19(20)25-17)11-13-7-3-2-4-8-13;1-3-11-9-6-4-8(5-7-9)10(12)13-2/h2-10,20H,11-12H2,1H3;4-7,11H,3H2,1-2H3/b17-15+,20-19?;. The molecule has 2 heterocycles. The third-order valence-corrected chi connectivity index (χ3v) is 8.11. The van der Waals surface area contributed by atoms with E-state index in [1.165, 1.54) is 23.8 Å². The fraction of sp³-hybridized carbons (Fsp3) is 0.207. The zero-order valence-corrected chi connectivity index (χ0v) is 23.2. The largest absolute Gasteiger partial charge is 0.465 e. The molecule has 9 heteroatoms. The molecule has 2 aliphatic rings. The van der Waals surface area contributed by atoms with Crippen molar-refractivity contribution in [3.63, 3.8) is 0 Å². The number of fused-ring (bicyclic) bond motifs is 1. The number of thioether (sulfide) groups is 2. The molecule has 0 unspecified atom stereocenters. The van der Waals surface area contributed by atoms with Crippen LogP contribution in [0.15, 0.2) is 94.4 Å². The quantitative estimate of drug-likeness (QED) is 0.297. The molecule has 5 rings (SSSR count). The summed E-state index contributed by atoms with van der Waals surface area (Å²) in [6.45, 7) is 3.33. The summed E-state index contributed by atoms with van der Waals surface area (Å²) >= 11 is 3.01. The van der Waals surface area contributed by atoms with Gasteiger partial charge in [0.25, 0.3) is 5.91 Å². The smallest absolute Gasteiger partial charge is 0.337 e. The number of rotatable bonds is 5. The van der Waals surface area contributed by atoms with Crippen LogP contribution in [0.2, 0.25) is 0 Å². The van der Waals surface area contributed by atoms with Crippen molar-refractivity contribution in [1.82, 2.24) is 4.90 Å². The number of methoxy groups -OCH3 is 1. The molecular weight excluding hydrogens is 516 g/mol. The van der Waals surface area contributed by atoms with E-state index in [4.69, 9.17) is 5.41 Å². The highest BCUT2D eigenvalue weighted by molar-refractivity contribution is 8.18. The van der Waals surface area contributed by atoms with E-state index in [9.17, 15) is 9.59 Å². The maximum Gasteiger partial charge on any atom is 0.337 e. The predicted octanol–water partition coefficient (Wildman–Crippen LogP) is 6.06. The Morgan fingerprint density at radius 1 is 1.03 bits per heavy atom. The van der Waals surface area contributed by atoms with Crippen molar-refractivity contribution in [3.8, 4) is 0 Å². The number of amides is 1. The van der Waals surface area contributed by atoms with E-state index < -0.39 is 0 Å². The highest BCUT2D eigenvalue weighted by Crippen LogP contribution is 2.43. The number of hydrogen-bond acceptors (Lipinski definition) is 8. The van der Waals surface area contributed by atoms with Crippen molar-refractivity contribution in [2.24, 2.45) is 0 Å². The first-order valence-electron chi connectivity index (χ1n) is 12.2. The van der Waals surface area contributed by atoms with Gasteiger partial charge in [-0.3, -0.25) is 15.1 Å². The summed E-state index contributed by atoms with van der Waals surface area (Å²) in [5.41, 5.74) is 4.71. The number of anilines is 2. The summed E-state index contributed by atoms with van der Waals surface area (Å²) in [6, 6.07) is 25.2. The lowest BCUT2D eigenvalue weighted by molar-refractivity contribution is -0.122. The molecule has 196 valence electrons. The molecule has 0 radical (unpaired) electrons. The Morgan fingerprint density at radius 3 is 2.39 bits per heavy atom. The van der Waals surface area contributed by atoms with Crippen molar-refractivity contribution in [1.29, 1.82) is 5.41 Å². The van der Waals surface area contributed by atoms with Crippen molar-refractivity contribution < 1.29 is 14.3 Å². The number of carbonyl (C=O) groups is 2. The molecule has 3 aromatic rings. The zero-order chi connectivity index (χ0) is 27.1. The van der Waals surface area contributed by atoms with Gasteiger partial charge in [0, 0.05) is 35.6 Å². The highest BCUT2D eigenvalue weighted by atomic mass is 32.2. The molecule has 3 aromatic carbocycles. The van der Waals surface area contributed by atoms with Crippen molar-refractivity contribution in [2.45, 2.75) is 18.4 Å². The maximum atomic E-state index is 12.9.